The molecule has 2 aromatic heterocycles. The largest absolute Gasteiger partial charge is 0.409 e. The van der Waals surface area contributed by atoms with Gasteiger partial charge >= 0.3 is 0 Å². The molecule has 0 aliphatic heterocycles. The summed E-state index contributed by atoms with van der Waals surface area (Å²) in [5.74, 6) is 0.661. The van der Waals surface area contributed by atoms with Crippen molar-refractivity contribution in [3.05, 3.63) is 24.5 Å². The van der Waals surface area contributed by atoms with E-state index in [1.165, 1.54) is 11.0 Å². The first-order chi connectivity index (χ1) is 7.76. The zero-order chi connectivity index (χ0) is 11.5. The van der Waals surface area contributed by atoms with Gasteiger partial charge in [0.2, 0.25) is 17.6 Å². The van der Waals surface area contributed by atoms with Gasteiger partial charge in [0, 0.05) is 18.9 Å². The average molecular weight is 221 g/mol. The summed E-state index contributed by atoms with van der Waals surface area (Å²) in [6, 6.07) is 0. The predicted octanol–water partition coefficient (Wildman–Crippen LogP) is -0.422. The van der Waals surface area contributed by atoms with E-state index < -0.39 is 0 Å². The normalized spacial score (nSPS) is 11.9. The number of rotatable bonds is 3. The maximum absolute atomic E-state index is 8.48. The molecule has 0 amide bonds. The van der Waals surface area contributed by atoms with Crippen molar-refractivity contribution >= 4 is 5.84 Å². The molecule has 0 bridgehead atoms. The second-order valence-electron chi connectivity index (χ2n) is 3.01. The molecule has 84 valence electrons. The number of oxime groups is 1. The Morgan fingerprint density at radius 3 is 3.06 bits per heavy atom. The Morgan fingerprint density at radius 1 is 1.56 bits per heavy atom. The molecule has 0 atom stereocenters. The monoisotopic (exact) mass is 221 g/mol. The Balaban J connectivity index is 2.39. The van der Waals surface area contributed by atoms with E-state index in [-0.39, 0.29) is 11.7 Å². The van der Waals surface area contributed by atoms with Crippen molar-refractivity contribution in [3.8, 4) is 5.95 Å². The molecule has 2 aromatic rings. The molecule has 3 N–H and O–H groups in total. The van der Waals surface area contributed by atoms with Crippen molar-refractivity contribution in [3.63, 3.8) is 0 Å². The molecule has 16 heavy (non-hydrogen) atoms. The van der Waals surface area contributed by atoms with Crippen LogP contribution in [0.3, 0.4) is 0 Å². The molecule has 0 spiro atoms. The third kappa shape index (κ3) is 1.60. The molecule has 0 aromatic carbocycles. The number of imidazole rings is 1. The molecule has 0 radical (unpaired) electrons. The van der Waals surface area contributed by atoms with Crippen LogP contribution in [-0.4, -0.2) is 35.4 Å². The Labute approximate surface area is 91.0 Å². The minimum Gasteiger partial charge on any atom is -0.409 e. The van der Waals surface area contributed by atoms with E-state index in [2.05, 4.69) is 20.2 Å². The summed E-state index contributed by atoms with van der Waals surface area (Å²) >= 11 is 0. The summed E-state index contributed by atoms with van der Waals surface area (Å²) in [7, 11) is 0. The highest BCUT2D eigenvalue weighted by molar-refractivity contribution is 5.93. The molecular formula is C8H11N7O. The SMILES string of the molecule is CCn1ccnc1-n1cnc(C(N)=NO)n1. The molecule has 0 saturated carbocycles. The molecule has 2 rings (SSSR count). The number of aromatic nitrogens is 5. The number of nitrogens with two attached hydrogens (primary N) is 1. The first-order valence-electron chi connectivity index (χ1n) is 4.67. The van der Waals surface area contributed by atoms with Crippen LogP contribution in [0.4, 0.5) is 0 Å². The van der Waals surface area contributed by atoms with Gasteiger partial charge in [0.25, 0.3) is 0 Å². The quantitative estimate of drug-likeness (QED) is 0.317. The van der Waals surface area contributed by atoms with Gasteiger partial charge < -0.3 is 15.5 Å². The fraction of sp³-hybridized carbons (Fsp3) is 0.250. The van der Waals surface area contributed by atoms with E-state index in [9.17, 15) is 0 Å². The van der Waals surface area contributed by atoms with Crippen LogP contribution >= 0.6 is 0 Å². The molecule has 8 nitrogen and oxygen atoms in total. The predicted molar refractivity (Wildman–Crippen MR) is 55.3 cm³/mol. The number of hydrogen-bond acceptors (Lipinski definition) is 5. The molecule has 0 fully saturated rings. The van der Waals surface area contributed by atoms with Crippen molar-refractivity contribution in [1.29, 1.82) is 0 Å². The first kappa shape index (κ1) is 10.1. The molecule has 0 unspecified atom stereocenters. The lowest BCUT2D eigenvalue weighted by Crippen LogP contribution is -2.16. The van der Waals surface area contributed by atoms with Crippen LogP contribution in [-0.2, 0) is 6.54 Å². The summed E-state index contributed by atoms with van der Waals surface area (Å²) in [6.07, 6.45) is 4.96. The molecule has 2 heterocycles. The van der Waals surface area contributed by atoms with Gasteiger partial charge in [-0.1, -0.05) is 5.16 Å². The van der Waals surface area contributed by atoms with Gasteiger partial charge in [-0.25, -0.2) is 9.97 Å². The molecule has 0 saturated heterocycles. The van der Waals surface area contributed by atoms with Gasteiger partial charge in [0.1, 0.15) is 6.33 Å². The van der Waals surface area contributed by atoms with E-state index in [1.54, 1.807) is 6.20 Å². The Bertz CT molecular complexity index is 512. The second kappa shape index (κ2) is 4.01. The fourth-order valence-electron chi connectivity index (χ4n) is 1.28. The number of nitrogens with zero attached hydrogens (tertiary/aromatic N) is 6. The Morgan fingerprint density at radius 2 is 2.38 bits per heavy atom. The highest BCUT2D eigenvalue weighted by Crippen LogP contribution is 2.03. The third-order valence-electron chi connectivity index (χ3n) is 2.07. The first-order valence-corrected chi connectivity index (χ1v) is 4.67. The maximum atomic E-state index is 8.48. The highest BCUT2D eigenvalue weighted by Gasteiger charge is 2.10. The third-order valence-corrected chi connectivity index (χ3v) is 2.07. The lowest BCUT2D eigenvalue weighted by molar-refractivity contribution is 0.318. The highest BCUT2D eigenvalue weighted by atomic mass is 16.4. The second-order valence-corrected chi connectivity index (χ2v) is 3.01. The van der Waals surface area contributed by atoms with Crippen LogP contribution in [0.1, 0.15) is 12.7 Å². The number of aryl methyl sites for hydroxylation is 1. The van der Waals surface area contributed by atoms with Crippen LogP contribution in [0.5, 0.6) is 0 Å². The minimum atomic E-state index is -0.131. The van der Waals surface area contributed by atoms with Gasteiger partial charge in [-0.05, 0) is 6.92 Å². The van der Waals surface area contributed by atoms with Crippen molar-refractivity contribution in [2.75, 3.05) is 0 Å². The summed E-state index contributed by atoms with van der Waals surface area (Å²) in [5.41, 5.74) is 5.37. The minimum absolute atomic E-state index is 0.131. The van der Waals surface area contributed by atoms with E-state index in [4.69, 9.17) is 10.9 Å². The van der Waals surface area contributed by atoms with E-state index in [1.807, 2.05) is 17.7 Å². The average Bonchev–Trinajstić information content (AvgIpc) is 2.95. The lowest BCUT2D eigenvalue weighted by Gasteiger charge is -2.02. The van der Waals surface area contributed by atoms with Crippen LogP contribution in [0, 0.1) is 0 Å². The zero-order valence-corrected chi connectivity index (χ0v) is 8.65. The molecule has 0 aliphatic carbocycles. The summed E-state index contributed by atoms with van der Waals surface area (Å²) < 4.78 is 3.36. The smallest absolute Gasteiger partial charge is 0.232 e. The lowest BCUT2D eigenvalue weighted by atomic mass is 10.6. The topological polar surface area (TPSA) is 107 Å². The van der Waals surface area contributed by atoms with Crippen LogP contribution < -0.4 is 5.73 Å². The standard InChI is InChI=1S/C8H11N7O/c1-2-14-4-3-10-8(14)15-5-11-7(12-15)6(9)13-16/h3-5,16H,2H2,1H3,(H2,9,13). The summed E-state index contributed by atoms with van der Waals surface area (Å²) in [6.45, 7) is 2.76. The van der Waals surface area contributed by atoms with Crippen LogP contribution in [0.2, 0.25) is 0 Å². The number of hydrogen-bond donors (Lipinski definition) is 2. The van der Waals surface area contributed by atoms with Crippen molar-refractivity contribution in [2.45, 2.75) is 13.5 Å². The van der Waals surface area contributed by atoms with Gasteiger partial charge in [-0.15, -0.1) is 5.10 Å². The van der Waals surface area contributed by atoms with Crippen molar-refractivity contribution in [2.24, 2.45) is 10.9 Å². The van der Waals surface area contributed by atoms with Gasteiger partial charge in [0.15, 0.2) is 0 Å². The molecular weight excluding hydrogens is 210 g/mol. The van der Waals surface area contributed by atoms with E-state index in [0.29, 0.717) is 5.95 Å². The van der Waals surface area contributed by atoms with Gasteiger partial charge in [-0.2, -0.15) is 4.68 Å². The van der Waals surface area contributed by atoms with Gasteiger partial charge in [-0.3, -0.25) is 0 Å². The van der Waals surface area contributed by atoms with Crippen molar-refractivity contribution in [1.82, 2.24) is 24.3 Å². The van der Waals surface area contributed by atoms with E-state index >= 15 is 0 Å². The van der Waals surface area contributed by atoms with Crippen molar-refractivity contribution < 1.29 is 5.21 Å². The van der Waals surface area contributed by atoms with Crippen LogP contribution in [0.25, 0.3) is 5.95 Å². The van der Waals surface area contributed by atoms with E-state index in [0.717, 1.165) is 6.54 Å². The number of amidine groups is 1. The summed E-state index contributed by atoms with van der Waals surface area (Å²) in [5, 5.41) is 15.3. The molecule has 0 aliphatic rings. The fourth-order valence-corrected chi connectivity index (χ4v) is 1.28. The van der Waals surface area contributed by atoms with Gasteiger partial charge in [0.05, 0.1) is 0 Å². The van der Waals surface area contributed by atoms with Crippen LogP contribution in [0.15, 0.2) is 23.9 Å². The zero-order valence-electron chi connectivity index (χ0n) is 8.65. The summed E-state index contributed by atoms with van der Waals surface area (Å²) in [4.78, 5) is 8.04. The molecule has 8 heteroatoms. The Hall–Kier alpha value is -2.38. The maximum Gasteiger partial charge on any atom is 0.232 e. The Kier molecular flexibility index (Phi) is 2.54.